The van der Waals surface area contributed by atoms with Gasteiger partial charge in [0.25, 0.3) is 11.9 Å². The molecule has 27 heavy (non-hydrogen) atoms. The normalized spacial score (nSPS) is 10.9. The minimum absolute atomic E-state index is 0.0651. The van der Waals surface area contributed by atoms with E-state index in [0.717, 1.165) is 5.52 Å². The lowest BCUT2D eigenvalue weighted by molar-refractivity contribution is 0.102. The Morgan fingerprint density at radius 2 is 2.00 bits per heavy atom. The third-order valence-electron chi connectivity index (χ3n) is 4.00. The Balaban J connectivity index is 1.66. The van der Waals surface area contributed by atoms with Crippen molar-refractivity contribution in [2.24, 2.45) is 0 Å². The molecule has 3 heterocycles. The first-order valence-corrected chi connectivity index (χ1v) is 7.93. The van der Waals surface area contributed by atoms with Crippen LogP contribution in [0.1, 0.15) is 10.5 Å². The zero-order valence-corrected chi connectivity index (χ0v) is 14.4. The van der Waals surface area contributed by atoms with Gasteiger partial charge in [0.05, 0.1) is 37.1 Å². The minimum atomic E-state index is -0.755. The largest absolute Gasteiger partial charge is 0.497 e. The summed E-state index contributed by atoms with van der Waals surface area (Å²) in [6.07, 6.45) is 2.91. The molecule has 0 fully saturated rings. The number of carbonyl (C=O) groups excluding carboxylic acids is 1. The SMILES string of the molecule is COc1ccc2c(c1)nc1nc(C(=O)Nc3cnc(F)c(OC)c3)ccn12. The number of rotatable bonds is 4. The Labute approximate surface area is 152 Å². The number of ether oxygens (including phenoxy) is 2. The van der Waals surface area contributed by atoms with E-state index in [1.165, 1.54) is 19.4 Å². The van der Waals surface area contributed by atoms with Crippen molar-refractivity contribution in [3.05, 3.63) is 54.4 Å². The lowest BCUT2D eigenvalue weighted by atomic mass is 10.3. The van der Waals surface area contributed by atoms with Crippen LogP contribution in [-0.2, 0) is 0 Å². The van der Waals surface area contributed by atoms with Crippen LogP contribution in [0, 0.1) is 5.95 Å². The number of nitrogens with one attached hydrogen (secondary N) is 1. The summed E-state index contributed by atoms with van der Waals surface area (Å²) in [7, 11) is 2.90. The molecule has 1 N–H and O–H groups in total. The molecule has 0 aliphatic heterocycles. The highest BCUT2D eigenvalue weighted by atomic mass is 19.1. The van der Waals surface area contributed by atoms with Gasteiger partial charge in [-0.1, -0.05) is 0 Å². The Morgan fingerprint density at radius 3 is 2.78 bits per heavy atom. The molecule has 4 rings (SSSR count). The van der Waals surface area contributed by atoms with Crippen LogP contribution in [0.5, 0.6) is 11.5 Å². The maximum absolute atomic E-state index is 13.4. The number of nitrogens with zero attached hydrogens (tertiary/aromatic N) is 4. The number of carbonyl (C=O) groups is 1. The average Bonchev–Trinajstić information content (AvgIpc) is 3.06. The monoisotopic (exact) mass is 367 g/mol. The molecule has 0 saturated heterocycles. The van der Waals surface area contributed by atoms with Gasteiger partial charge in [0.2, 0.25) is 5.78 Å². The smallest absolute Gasteiger partial charge is 0.274 e. The van der Waals surface area contributed by atoms with Crippen LogP contribution < -0.4 is 14.8 Å². The quantitative estimate of drug-likeness (QED) is 0.558. The van der Waals surface area contributed by atoms with Crippen LogP contribution in [0.2, 0.25) is 0 Å². The molecule has 0 atom stereocenters. The molecule has 0 unspecified atom stereocenters. The number of methoxy groups -OCH3 is 2. The lowest BCUT2D eigenvalue weighted by Crippen LogP contribution is -2.14. The molecule has 1 aromatic carbocycles. The number of pyridine rings is 1. The standard InChI is InChI=1S/C18H14FN5O3/c1-26-11-3-4-14-13(8-11)23-18-22-12(5-6-24(14)18)17(25)21-10-7-15(27-2)16(19)20-9-10/h3-9H,1-2H3,(H,21,25). The van der Waals surface area contributed by atoms with E-state index < -0.39 is 11.9 Å². The van der Waals surface area contributed by atoms with Gasteiger partial charge >= 0.3 is 0 Å². The van der Waals surface area contributed by atoms with E-state index in [-0.39, 0.29) is 17.1 Å². The second-order valence-corrected chi connectivity index (χ2v) is 5.62. The number of halogens is 1. The Morgan fingerprint density at radius 1 is 1.15 bits per heavy atom. The lowest BCUT2D eigenvalue weighted by Gasteiger charge is -2.07. The highest BCUT2D eigenvalue weighted by Gasteiger charge is 2.14. The topological polar surface area (TPSA) is 90.6 Å². The van der Waals surface area contributed by atoms with Crippen LogP contribution in [0.15, 0.2) is 42.7 Å². The molecule has 0 saturated carbocycles. The maximum Gasteiger partial charge on any atom is 0.274 e. The number of anilines is 1. The number of hydrogen-bond donors (Lipinski definition) is 1. The van der Waals surface area contributed by atoms with Gasteiger partial charge in [-0.15, -0.1) is 0 Å². The summed E-state index contributed by atoms with van der Waals surface area (Å²) < 4.78 is 25.2. The molecule has 0 aliphatic rings. The predicted molar refractivity (Wildman–Crippen MR) is 95.7 cm³/mol. The van der Waals surface area contributed by atoms with Crippen LogP contribution in [0.25, 0.3) is 16.8 Å². The summed E-state index contributed by atoms with van der Waals surface area (Å²) in [6, 6.07) is 8.40. The van der Waals surface area contributed by atoms with E-state index in [9.17, 15) is 9.18 Å². The number of aromatic nitrogens is 4. The molecule has 4 aromatic rings. The highest BCUT2D eigenvalue weighted by molar-refractivity contribution is 6.03. The van der Waals surface area contributed by atoms with E-state index in [2.05, 4.69) is 20.3 Å². The van der Waals surface area contributed by atoms with Gasteiger partial charge in [0.15, 0.2) is 5.75 Å². The van der Waals surface area contributed by atoms with Crippen LogP contribution in [0.4, 0.5) is 10.1 Å². The van der Waals surface area contributed by atoms with Crippen molar-refractivity contribution in [1.29, 1.82) is 0 Å². The molecule has 0 radical (unpaired) electrons. The summed E-state index contributed by atoms with van der Waals surface area (Å²) in [5, 5.41) is 2.61. The first-order chi connectivity index (χ1) is 13.1. The number of imidazole rings is 1. The van der Waals surface area contributed by atoms with E-state index in [1.807, 2.05) is 12.1 Å². The van der Waals surface area contributed by atoms with Gasteiger partial charge in [-0.25, -0.2) is 15.0 Å². The van der Waals surface area contributed by atoms with Crippen molar-refractivity contribution in [2.75, 3.05) is 19.5 Å². The van der Waals surface area contributed by atoms with Gasteiger partial charge in [0.1, 0.15) is 11.4 Å². The van der Waals surface area contributed by atoms with E-state index in [4.69, 9.17) is 9.47 Å². The van der Waals surface area contributed by atoms with Crippen molar-refractivity contribution in [2.45, 2.75) is 0 Å². The molecule has 0 bridgehead atoms. The fourth-order valence-corrected chi connectivity index (χ4v) is 2.67. The summed E-state index contributed by atoms with van der Waals surface area (Å²) in [5.41, 5.74) is 2.00. The van der Waals surface area contributed by atoms with E-state index in [1.54, 1.807) is 29.8 Å². The summed E-state index contributed by atoms with van der Waals surface area (Å²) >= 11 is 0. The molecular weight excluding hydrogens is 353 g/mol. The highest BCUT2D eigenvalue weighted by Crippen LogP contribution is 2.22. The molecule has 0 spiro atoms. The van der Waals surface area contributed by atoms with Crippen molar-refractivity contribution in [1.82, 2.24) is 19.4 Å². The number of amides is 1. The maximum atomic E-state index is 13.4. The molecule has 8 nitrogen and oxygen atoms in total. The molecule has 3 aromatic heterocycles. The molecule has 136 valence electrons. The Kier molecular flexibility index (Phi) is 4.03. The van der Waals surface area contributed by atoms with Gasteiger partial charge in [0, 0.05) is 18.3 Å². The van der Waals surface area contributed by atoms with Crippen molar-refractivity contribution in [3.63, 3.8) is 0 Å². The fraction of sp³-hybridized carbons (Fsp3) is 0.111. The average molecular weight is 367 g/mol. The number of benzene rings is 1. The third-order valence-corrected chi connectivity index (χ3v) is 4.00. The molecule has 0 aliphatic carbocycles. The van der Waals surface area contributed by atoms with Crippen LogP contribution in [0.3, 0.4) is 0 Å². The Hall–Kier alpha value is -3.75. The summed E-state index contributed by atoms with van der Waals surface area (Å²) in [5.74, 6) is -0.237. The van der Waals surface area contributed by atoms with Gasteiger partial charge in [-0.3, -0.25) is 9.20 Å². The van der Waals surface area contributed by atoms with E-state index >= 15 is 0 Å². The summed E-state index contributed by atoms with van der Waals surface area (Å²) in [4.78, 5) is 24.7. The van der Waals surface area contributed by atoms with Gasteiger partial charge in [-0.05, 0) is 18.2 Å². The van der Waals surface area contributed by atoms with Crippen LogP contribution >= 0.6 is 0 Å². The first kappa shape index (κ1) is 16.7. The predicted octanol–water partition coefficient (Wildman–Crippen LogP) is 2.69. The summed E-state index contributed by atoms with van der Waals surface area (Å²) in [6.45, 7) is 0. The number of hydrogen-bond acceptors (Lipinski definition) is 6. The molecular formula is C18H14FN5O3. The van der Waals surface area contributed by atoms with Crippen molar-refractivity contribution < 1.29 is 18.7 Å². The van der Waals surface area contributed by atoms with Gasteiger partial charge in [-0.2, -0.15) is 4.39 Å². The van der Waals surface area contributed by atoms with Gasteiger partial charge < -0.3 is 14.8 Å². The first-order valence-electron chi connectivity index (χ1n) is 7.93. The molecule has 1 amide bonds. The Bertz CT molecular complexity index is 1170. The van der Waals surface area contributed by atoms with Crippen LogP contribution in [-0.4, -0.2) is 39.5 Å². The van der Waals surface area contributed by atoms with Crippen molar-refractivity contribution in [3.8, 4) is 11.5 Å². The fourth-order valence-electron chi connectivity index (χ4n) is 2.67. The zero-order chi connectivity index (χ0) is 19.0. The van der Waals surface area contributed by atoms with E-state index in [0.29, 0.717) is 17.0 Å². The third kappa shape index (κ3) is 2.99. The van der Waals surface area contributed by atoms with Crippen molar-refractivity contribution >= 4 is 28.4 Å². The molecule has 9 heteroatoms. The second-order valence-electron chi connectivity index (χ2n) is 5.62. The number of fused-ring (bicyclic) bond motifs is 3. The minimum Gasteiger partial charge on any atom is -0.497 e. The zero-order valence-electron chi connectivity index (χ0n) is 14.4. The second kappa shape index (κ2) is 6.52.